The second kappa shape index (κ2) is 8.44. The Balaban J connectivity index is 1.21. The van der Waals surface area contributed by atoms with Gasteiger partial charge in [-0.2, -0.15) is 15.5 Å². The third-order valence-corrected chi connectivity index (χ3v) is 7.70. The summed E-state index contributed by atoms with van der Waals surface area (Å²) in [4.78, 5) is 19.3. The number of nitriles is 1. The highest BCUT2D eigenvalue weighted by Gasteiger charge is 2.55. The van der Waals surface area contributed by atoms with Crippen LogP contribution in [0.5, 0.6) is 0 Å². The van der Waals surface area contributed by atoms with Gasteiger partial charge < -0.3 is 10.2 Å². The van der Waals surface area contributed by atoms with Gasteiger partial charge >= 0.3 is 0 Å². The summed E-state index contributed by atoms with van der Waals surface area (Å²) in [5, 5.41) is 21.5. The van der Waals surface area contributed by atoms with Gasteiger partial charge in [0.1, 0.15) is 11.9 Å². The SMILES string of the molecule is Cn1cc(-c2cc(-c3ccc(N4C[C@@H]5C(CNC(=O)C(C)(C)C)[C@@H]5C4)nc3)c3c(C#N)cnn3c2)cn1. The largest absolute Gasteiger partial charge is 0.356 e. The quantitative estimate of drug-likeness (QED) is 0.455. The molecule has 2 aliphatic rings. The molecule has 1 unspecified atom stereocenters. The lowest BCUT2D eigenvalue weighted by atomic mass is 9.95. The van der Waals surface area contributed by atoms with Gasteiger partial charge in [-0.05, 0) is 36.0 Å². The van der Waals surface area contributed by atoms with Crippen LogP contribution in [0.3, 0.4) is 0 Å². The van der Waals surface area contributed by atoms with E-state index in [0.717, 1.165) is 53.2 Å². The van der Waals surface area contributed by atoms with Gasteiger partial charge in [0.25, 0.3) is 0 Å². The van der Waals surface area contributed by atoms with Crippen molar-refractivity contribution in [3.05, 3.63) is 54.7 Å². The van der Waals surface area contributed by atoms with Crippen LogP contribution in [-0.4, -0.2) is 49.9 Å². The predicted octanol–water partition coefficient (Wildman–Crippen LogP) is 3.51. The lowest BCUT2D eigenvalue weighted by molar-refractivity contribution is -0.128. The Hall–Kier alpha value is -4.19. The van der Waals surface area contributed by atoms with E-state index in [1.54, 1.807) is 15.4 Å². The summed E-state index contributed by atoms with van der Waals surface area (Å²) in [6, 6.07) is 8.48. The number of nitrogens with zero attached hydrogens (tertiary/aromatic N) is 7. The first-order chi connectivity index (χ1) is 17.7. The van der Waals surface area contributed by atoms with Crippen LogP contribution in [0.25, 0.3) is 27.8 Å². The van der Waals surface area contributed by atoms with Crippen molar-refractivity contribution in [2.45, 2.75) is 20.8 Å². The fourth-order valence-corrected chi connectivity index (χ4v) is 5.50. The molecule has 3 atom stereocenters. The van der Waals surface area contributed by atoms with Gasteiger partial charge in [-0.25, -0.2) is 9.50 Å². The standard InChI is InChI=1S/C28H30N8O/c1-28(2,3)27(37)31-12-22-23-15-35(16-24(22)23)25-6-5-17(9-30-25)21-7-18(20-11-32-34(4)13-20)14-36-26(21)19(8-29)10-33-36/h5-7,9-11,13-14,22-24H,12,15-16H2,1-4H3,(H,31,37)/t22?,23-,24+. The molecular formula is C28H30N8O. The molecule has 1 saturated carbocycles. The average molecular weight is 495 g/mol. The van der Waals surface area contributed by atoms with Gasteiger partial charge in [0.05, 0.1) is 23.5 Å². The van der Waals surface area contributed by atoms with E-state index in [4.69, 9.17) is 4.98 Å². The molecule has 2 fully saturated rings. The normalized spacial score (nSPS) is 20.6. The zero-order valence-corrected chi connectivity index (χ0v) is 21.5. The first-order valence-electron chi connectivity index (χ1n) is 12.6. The number of amides is 1. The van der Waals surface area contributed by atoms with Gasteiger partial charge in [-0.1, -0.05) is 20.8 Å². The minimum Gasteiger partial charge on any atom is -0.356 e. The van der Waals surface area contributed by atoms with Crippen molar-refractivity contribution in [3.8, 4) is 28.3 Å². The van der Waals surface area contributed by atoms with Crippen molar-refractivity contribution >= 4 is 17.2 Å². The van der Waals surface area contributed by atoms with E-state index in [1.807, 2.05) is 52.6 Å². The molecule has 1 saturated heterocycles. The van der Waals surface area contributed by atoms with E-state index in [0.29, 0.717) is 23.3 Å². The molecule has 0 bridgehead atoms. The first kappa shape index (κ1) is 23.2. The predicted molar refractivity (Wildman–Crippen MR) is 140 cm³/mol. The van der Waals surface area contributed by atoms with Crippen molar-refractivity contribution in [2.75, 3.05) is 24.5 Å². The molecular weight excluding hydrogens is 464 g/mol. The van der Waals surface area contributed by atoms with Crippen LogP contribution in [0.15, 0.2) is 49.2 Å². The van der Waals surface area contributed by atoms with Crippen LogP contribution in [-0.2, 0) is 11.8 Å². The van der Waals surface area contributed by atoms with E-state index in [2.05, 4.69) is 44.7 Å². The van der Waals surface area contributed by atoms with Crippen LogP contribution in [0.2, 0.25) is 0 Å². The Morgan fingerprint density at radius 1 is 1.08 bits per heavy atom. The van der Waals surface area contributed by atoms with Gasteiger partial charge in [-0.3, -0.25) is 9.48 Å². The smallest absolute Gasteiger partial charge is 0.225 e. The molecule has 0 spiro atoms. The molecule has 0 aromatic carbocycles. The fourth-order valence-electron chi connectivity index (χ4n) is 5.50. The highest BCUT2D eigenvalue weighted by atomic mass is 16.2. The maximum absolute atomic E-state index is 12.2. The summed E-state index contributed by atoms with van der Waals surface area (Å²) in [5.41, 5.74) is 4.74. The van der Waals surface area contributed by atoms with E-state index >= 15 is 0 Å². The Kier molecular flexibility index (Phi) is 5.30. The van der Waals surface area contributed by atoms with E-state index in [9.17, 15) is 10.1 Å². The molecule has 9 heteroatoms. The molecule has 1 N–H and O–H groups in total. The number of carbonyl (C=O) groups is 1. The van der Waals surface area contributed by atoms with Gasteiger partial charge in [0.2, 0.25) is 5.91 Å². The lowest BCUT2D eigenvalue weighted by Gasteiger charge is -2.22. The highest BCUT2D eigenvalue weighted by molar-refractivity contribution is 5.87. The van der Waals surface area contributed by atoms with Crippen LogP contribution in [0.4, 0.5) is 5.82 Å². The first-order valence-corrected chi connectivity index (χ1v) is 12.6. The molecule has 5 heterocycles. The minimum atomic E-state index is -0.351. The molecule has 1 aliphatic heterocycles. The topological polar surface area (TPSA) is 104 Å². The van der Waals surface area contributed by atoms with Crippen LogP contribution < -0.4 is 10.2 Å². The summed E-state index contributed by atoms with van der Waals surface area (Å²) < 4.78 is 3.53. The second-order valence-corrected chi connectivity index (χ2v) is 11.3. The van der Waals surface area contributed by atoms with E-state index < -0.39 is 0 Å². The number of piperidine rings is 1. The number of anilines is 1. The van der Waals surface area contributed by atoms with Crippen LogP contribution >= 0.6 is 0 Å². The fraction of sp³-hybridized carbons (Fsp3) is 0.393. The maximum Gasteiger partial charge on any atom is 0.225 e. The number of aryl methyl sites for hydroxylation is 1. The van der Waals surface area contributed by atoms with Crippen molar-refractivity contribution in [1.82, 2.24) is 29.7 Å². The zero-order chi connectivity index (χ0) is 25.9. The number of hydrogen-bond acceptors (Lipinski definition) is 6. The Morgan fingerprint density at radius 2 is 1.86 bits per heavy atom. The van der Waals surface area contributed by atoms with E-state index in [1.165, 1.54) is 0 Å². The number of pyridine rings is 2. The monoisotopic (exact) mass is 494 g/mol. The number of carbonyl (C=O) groups excluding carboxylic acids is 1. The van der Waals surface area contributed by atoms with Crippen molar-refractivity contribution < 1.29 is 4.79 Å². The van der Waals surface area contributed by atoms with Crippen molar-refractivity contribution in [1.29, 1.82) is 5.26 Å². The molecule has 1 aliphatic carbocycles. The molecule has 4 aromatic heterocycles. The summed E-state index contributed by atoms with van der Waals surface area (Å²) in [6.45, 7) is 8.54. The number of aromatic nitrogens is 5. The third kappa shape index (κ3) is 4.12. The Morgan fingerprint density at radius 3 is 2.49 bits per heavy atom. The van der Waals surface area contributed by atoms with Crippen LogP contribution in [0, 0.1) is 34.5 Å². The Labute approximate surface area is 215 Å². The molecule has 6 rings (SSSR count). The molecule has 4 aromatic rings. The van der Waals surface area contributed by atoms with Crippen molar-refractivity contribution in [3.63, 3.8) is 0 Å². The molecule has 1 amide bonds. The number of nitrogens with one attached hydrogen (secondary N) is 1. The molecule has 0 radical (unpaired) electrons. The van der Waals surface area contributed by atoms with E-state index in [-0.39, 0.29) is 11.3 Å². The maximum atomic E-state index is 12.2. The second-order valence-electron chi connectivity index (χ2n) is 11.3. The molecule has 37 heavy (non-hydrogen) atoms. The third-order valence-electron chi connectivity index (χ3n) is 7.70. The summed E-state index contributed by atoms with van der Waals surface area (Å²) in [6.07, 6.45) is 9.19. The number of fused-ring (bicyclic) bond motifs is 2. The van der Waals surface area contributed by atoms with Gasteiger partial charge in [0.15, 0.2) is 0 Å². The summed E-state index contributed by atoms with van der Waals surface area (Å²) >= 11 is 0. The number of hydrogen-bond donors (Lipinski definition) is 1. The number of rotatable bonds is 5. The highest BCUT2D eigenvalue weighted by Crippen LogP contribution is 2.52. The van der Waals surface area contributed by atoms with Gasteiger partial charge in [0, 0.05) is 72.9 Å². The Bertz CT molecular complexity index is 1520. The summed E-state index contributed by atoms with van der Waals surface area (Å²) in [5.74, 6) is 2.87. The zero-order valence-electron chi connectivity index (χ0n) is 21.5. The van der Waals surface area contributed by atoms with Crippen molar-refractivity contribution in [2.24, 2.45) is 30.2 Å². The summed E-state index contributed by atoms with van der Waals surface area (Å²) in [7, 11) is 1.89. The molecule has 9 nitrogen and oxygen atoms in total. The van der Waals surface area contributed by atoms with Crippen LogP contribution in [0.1, 0.15) is 26.3 Å². The average Bonchev–Trinajstić information content (AvgIpc) is 3.32. The van der Waals surface area contributed by atoms with Gasteiger partial charge in [-0.15, -0.1) is 0 Å². The molecule has 188 valence electrons. The lowest BCUT2D eigenvalue weighted by Crippen LogP contribution is -2.37. The minimum absolute atomic E-state index is 0.117.